The molecule has 3 rings (SSSR count). The first kappa shape index (κ1) is 20.2. The molecule has 0 aliphatic carbocycles. The summed E-state index contributed by atoms with van der Waals surface area (Å²) in [7, 11) is -0.0186. The molecule has 1 saturated heterocycles. The van der Waals surface area contributed by atoms with Gasteiger partial charge < -0.3 is 14.4 Å². The second-order valence-corrected chi connectivity index (χ2v) is 9.04. The van der Waals surface area contributed by atoms with Crippen LogP contribution >= 0.6 is 0 Å². The lowest BCUT2D eigenvalue weighted by atomic mass is 10.0. The Bertz CT molecular complexity index is 953. The van der Waals surface area contributed by atoms with E-state index in [0.717, 1.165) is 24.0 Å². The third-order valence-electron chi connectivity index (χ3n) is 5.08. The molecule has 0 radical (unpaired) electrons. The predicted octanol–water partition coefficient (Wildman–Crippen LogP) is 2.84. The second-order valence-electron chi connectivity index (χ2n) is 7.02. The molecule has 6 nitrogen and oxygen atoms in total. The molecule has 0 bridgehead atoms. The zero-order chi connectivity index (χ0) is 20.3. The standard InChI is InChI=1S/C21H25NO5S/c1-26-19-10-6-16(13-20(19)27-2)12-17-7-11-21(23)22(17)14-15-4-8-18(9-5-15)28(3,24)25/h4-6,8-10,13,17H,7,11-12,14H2,1-3H3. The van der Waals surface area contributed by atoms with Crippen molar-refractivity contribution in [1.29, 1.82) is 0 Å². The van der Waals surface area contributed by atoms with Gasteiger partial charge in [-0.2, -0.15) is 0 Å². The Morgan fingerprint density at radius 3 is 2.25 bits per heavy atom. The molecule has 150 valence electrons. The summed E-state index contributed by atoms with van der Waals surface area (Å²) in [4.78, 5) is 14.6. The Labute approximate surface area is 166 Å². The summed E-state index contributed by atoms with van der Waals surface area (Å²) >= 11 is 0. The van der Waals surface area contributed by atoms with Crippen molar-refractivity contribution < 1.29 is 22.7 Å². The highest BCUT2D eigenvalue weighted by atomic mass is 32.2. The van der Waals surface area contributed by atoms with E-state index in [4.69, 9.17) is 9.47 Å². The smallest absolute Gasteiger partial charge is 0.223 e. The number of amides is 1. The van der Waals surface area contributed by atoms with Crippen molar-refractivity contribution in [2.75, 3.05) is 20.5 Å². The van der Waals surface area contributed by atoms with Gasteiger partial charge >= 0.3 is 0 Å². The number of carbonyl (C=O) groups excluding carboxylic acids is 1. The zero-order valence-electron chi connectivity index (χ0n) is 16.3. The van der Waals surface area contributed by atoms with Crippen LogP contribution in [0.3, 0.4) is 0 Å². The van der Waals surface area contributed by atoms with Crippen LogP contribution in [-0.4, -0.2) is 45.7 Å². The molecule has 0 N–H and O–H groups in total. The average Bonchev–Trinajstić information content (AvgIpc) is 3.01. The minimum Gasteiger partial charge on any atom is -0.493 e. The minimum absolute atomic E-state index is 0.0974. The van der Waals surface area contributed by atoms with Crippen molar-refractivity contribution in [3.8, 4) is 11.5 Å². The van der Waals surface area contributed by atoms with Crippen LogP contribution in [0.2, 0.25) is 0 Å². The largest absolute Gasteiger partial charge is 0.493 e. The number of sulfone groups is 1. The summed E-state index contributed by atoms with van der Waals surface area (Å²) in [6.45, 7) is 0.473. The molecule has 1 atom stereocenters. The van der Waals surface area contributed by atoms with Gasteiger partial charge in [0.25, 0.3) is 0 Å². The Hall–Kier alpha value is -2.54. The lowest BCUT2D eigenvalue weighted by Gasteiger charge is -2.25. The molecule has 2 aromatic carbocycles. The van der Waals surface area contributed by atoms with E-state index in [1.807, 2.05) is 23.1 Å². The Morgan fingerprint density at radius 2 is 1.64 bits per heavy atom. The van der Waals surface area contributed by atoms with Crippen molar-refractivity contribution in [3.05, 3.63) is 53.6 Å². The summed E-state index contributed by atoms with van der Waals surface area (Å²) in [5.41, 5.74) is 2.00. The van der Waals surface area contributed by atoms with E-state index in [1.165, 1.54) is 6.26 Å². The van der Waals surface area contributed by atoms with E-state index in [0.29, 0.717) is 24.5 Å². The van der Waals surface area contributed by atoms with Crippen LogP contribution in [0.4, 0.5) is 0 Å². The first-order chi connectivity index (χ1) is 13.3. The SMILES string of the molecule is COc1ccc(CC2CCC(=O)N2Cc2ccc(S(C)(=O)=O)cc2)cc1OC. The van der Waals surface area contributed by atoms with Gasteiger partial charge in [-0.25, -0.2) is 8.42 Å². The topological polar surface area (TPSA) is 72.9 Å². The molecule has 0 spiro atoms. The van der Waals surface area contributed by atoms with Gasteiger partial charge in [-0.3, -0.25) is 4.79 Å². The molecule has 2 aromatic rings. The number of nitrogens with zero attached hydrogens (tertiary/aromatic N) is 1. The van der Waals surface area contributed by atoms with E-state index >= 15 is 0 Å². The summed E-state index contributed by atoms with van der Waals surface area (Å²) in [5.74, 6) is 1.47. The van der Waals surface area contributed by atoms with Gasteiger partial charge in [0.2, 0.25) is 5.91 Å². The quantitative estimate of drug-likeness (QED) is 0.711. The Morgan fingerprint density at radius 1 is 1.00 bits per heavy atom. The highest BCUT2D eigenvalue weighted by molar-refractivity contribution is 7.90. The maximum absolute atomic E-state index is 12.4. The van der Waals surface area contributed by atoms with Crippen LogP contribution in [0.1, 0.15) is 24.0 Å². The maximum atomic E-state index is 12.4. The molecular weight excluding hydrogens is 378 g/mol. The number of rotatable bonds is 7. The second kappa shape index (κ2) is 8.22. The molecule has 1 fully saturated rings. The van der Waals surface area contributed by atoms with Crippen LogP contribution in [0.5, 0.6) is 11.5 Å². The molecule has 1 aliphatic rings. The van der Waals surface area contributed by atoms with Crippen molar-refractivity contribution in [2.24, 2.45) is 0 Å². The number of likely N-dealkylation sites (tertiary alicyclic amines) is 1. The fourth-order valence-electron chi connectivity index (χ4n) is 3.54. The van der Waals surface area contributed by atoms with Crippen LogP contribution < -0.4 is 9.47 Å². The number of carbonyl (C=O) groups is 1. The van der Waals surface area contributed by atoms with E-state index in [-0.39, 0.29) is 16.8 Å². The number of ether oxygens (including phenoxy) is 2. The molecule has 1 heterocycles. The normalized spacial score (nSPS) is 17.0. The van der Waals surface area contributed by atoms with E-state index in [9.17, 15) is 13.2 Å². The lowest BCUT2D eigenvalue weighted by Crippen LogP contribution is -2.33. The fraction of sp³-hybridized carbons (Fsp3) is 0.381. The highest BCUT2D eigenvalue weighted by Gasteiger charge is 2.31. The molecule has 1 unspecified atom stereocenters. The van der Waals surface area contributed by atoms with Gasteiger partial charge in [-0.05, 0) is 48.2 Å². The van der Waals surface area contributed by atoms with Crippen molar-refractivity contribution >= 4 is 15.7 Å². The van der Waals surface area contributed by atoms with Gasteiger partial charge in [0, 0.05) is 25.3 Å². The molecule has 0 saturated carbocycles. The molecule has 1 aliphatic heterocycles. The molecular formula is C21H25NO5S. The summed E-state index contributed by atoms with van der Waals surface area (Å²) < 4.78 is 33.9. The highest BCUT2D eigenvalue weighted by Crippen LogP contribution is 2.30. The fourth-order valence-corrected chi connectivity index (χ4v) is 4.17. The van der Waals surface area contributed by atoms with Gasteiger partial charge in [0.1, 0.15) is 0 Å². The summed E-state index contributed by atoms with van der Waals surface area (Å²) in [6.07, 6.45) is 3.24. The lowest BCUT2D eigenvalue weighted by molar-refractivity contribution is -0.129. The number of benzene rings is 2. The third kappa shape index (κ3) is 4.47. The van der Waals surface area contributed by atoms with Gasteiger partial charge in [0.05, 0.1) is 19.1 Å². The first-order valence-corrected chi connectivity index (χ1v) is 11.0. The van der Waals surface area contributed by atoms with Crippen LogP contribution in [0, 0.1) is 0 Å². The Balaban J connectivity index is 1.75. The maximum Gasteiger partial charge on any atom is 0.223 e. The van der Waals surface area contributed by atoms with E-state index in [1.54, 1.807) is 38.5 Å². The number of hydrogen-bond donors (Lipinski definition) is 0. The third-order valence-corrected chi connectivity index (χ3v) is 6.20. The zero-order valence-corrected chi connectivity index (χ0v) is 17.2. The number of methoxy groups -OCH3 is 2. The minimum atomic E-state index is -3.22. The molecule has 7 heteroatoms. The van der Waals surface area contributed by atoms with Gasteiger partial charge in [-0.1, -0.05) is 18.2 Å². The van der Waals surface area contributed by atoms with E-state index < -0.39 is 9.84 Å². The van der Waals surface area contributed by atoms with Gasteiger partial charge in [-0.15, -0.1) is 0 Å². The molecule has 1 amide bonds. The summed E-state index contributed by atoms with van der Waals surface area (Å²) in [6, 6.07) is 12.6. The van der Waals surface area contributed by atoms with Crippen LogP contribution in [0.25, 0.3) is 0 Å². The van der Waals surface area contributed by atoms with E-state index in [2.05, 4.69) is 0 Å². The Kier molecular flexibility index (Phi) is 5.93. The molecule has 28 heavy (non-hydrogen) atoms. The predicted molar refractivity (Wildman–Crippen MR) is 106 cm³/mol. The van der Waals surface area contributed by atoms with Crippen molar-refractivity contribution in [3.63, 3.8) is 0 Å². The average molecular weight is 404 g/mol. The van der Waals surface area contributed by atoms with Crippen molar-refractivity contribution in [1.82, 2.24) is 4.90 Å². The number of hydrogen-bond acceptors (Lipinski definition) is 5. The van der Waals surface area contributed by atoms with Crippen molar-refractivity contribution in [2.45, 2.75) is 36.7 Å². The summed E-state index contributed by atoms with van der Waals surface area (Å²) in [5, 5.41) is 0. The van der Waals surface area contributed by atoms with Crippen LogP contribution in [0.15, 0.2) is 47.4 Å². The van der Waals surface area contributed by atoms with Gasteiger partial charge in [0.15, 0.2) is 21.3 Å². The molecule has 0 aromatic heterocycles. The first-order valence-electron chi connectivity index (χ1n) is 9.11. The monoisotopic (exact) mass is 403 g/mol. The van der Waals surface area contributed by atoms with Crippen LogP contribution in [-0.2, 0) is 27.6 Å².